The van der Waals surface area contributed by atoms with Crippen LogP contribution in [0.25, 0.3) is 0 Å². The Hall–Kier alpha value is -4.14. The summed E-state index contributed by atoms with van der Waals surface area (Å²) in [7, 11) is 1.66. The van der Waals surface area contributed by atoms with Crippen LogP contribution in [0, 0.1) is 16.0 Å². The lowest BCUT2D eigenvalue weighted by Gasteiger charge is -2.49. The second-order valence-electron chi connectivity index (χ2n) is 9.12. The number of para-hydroxylation sites is 2. The Kier molecular flexibility index (Phi) is 6.71. The van der Waals surface area contributed by atoms with E-state index in [4.69, 9.17) is 4.74 Å². The smallest absolute Gasteiger partial charge is 0.269 e. The van der Waals surface area contributed by atoms with E-state index in [0.29, 0.717) is 32.5 Å². The molecule has 0 aliphatic carbocycles. The number of nitro benzene ring substituents is 1. The summed E-state index contributed by atoms with van der Waals surface area (Å²) in [5.41, 5.74) is 3.79. The molecule has 36 heavy (non-hydrogen) atoms. The second-order valence-corrected chi connectivity index (χ2v) is 9.12. The number of hydrogen-bond donors (Lipinski definition) is 1. The maximum Gasteiger partial charge on any atom is 0.269 e. The molecule has 2 aromatic carbocycles. The summed E-state index contributed by atoms with van der Waals surface area (Å²) in [5.74, 6) is 0.412. The molecule has 1 amide bonds. The van der Waals surface area contributed by atoms with Crippen molar-refractivity contribution >= 4 is 23.0 Å². The normalized spacial score (nSPS) is 18.7. The number of amides is 1. The summed E-state index contributed by atoms with van der Waals surface area (Å²) in [5, 5.41) is 14.5. The van der Waals surface area contributed by atoms with Crippen LogP contribution >= 0.6 is 0 Å². The first-order valence-corrected chi connectivity index (χ1v) is 12.1. The number of ether oxygens (including phenoxy) is 1. The van der Waals surface area contributed by atoms with Crippen LogP contribution in [-0.4, -0.2) is 55.1 Å². The monoisotopic (exact) mass is 487 g/mol. The Morgan fingerprint density at radius 3 is 2.75 bits per heavy atom. The summed E-state index contributed by atoms with van der Waals surface area (Å²) in [4.78, 5) is 33.4. The van der Waals surface area contributed by atoms with Gasteiger partial charge >= 0.3 is 0 Å². The van der Waals surface area contributed by atoms with Gasteiger partial charge in [-0.1, -0.05) is 18.2 Å². The topological polar surface area (TPSA) is 101 Å². The predicted molar refractivity (Wildman–Crippen MR) is 138 cm³/mol. The zero-order chi connectivity index (χ0) is 25.1. The van der Waals surface area contributed by atoms with Crippen LogP contribution in [0.1, 0.15) is 11.3 Å². The molecule has 9 heteroatoms. The fraction of sp³-hybridized carbons (Fsp3) is 0.333. The number of hydrogen-bond acceptors (Lipinski definition) is 7. The molecule has 2 aliphatic heterocycles. The molecule has 2 atom stereocenters. The minimum atomic E-state index is -0.381. The number of methoxy groups -OCH3 is 1. The molecular weight excluding hydrogens is 458 g/mol. The van der Waals surface area contributed by atoms with E-state index in [2.05, 4.69) is 20.1 Å². The third kappa shape index (κ3) is 4.68. The Morgan fingerprint density at radius 2 is 1.97 bits per heavy atom. The molecule has 0 spiro atoms. The first-order valence-electron chi connectivity index (χ1n) is 12.1. The number of anilines is 2. The Labute approximate surface area is 209 Å². The fourth-order valence-electron chi connectivity index (χ4n) is 5.32. The standard InChI is InChI=1S/C27H29N5O4/c1-36-26-8-3-2-7-24(26)30-14-15-31-23-10-9-21(32(34)35)16-19(23)17-22(25(31)18-30)27(33)29-13-11-20-6-4-5-12-28-20/h2-10,12,16,22,25H,11,13-15,17-18H2,1H3,(H,29,33). The number of non-ortho nitro benzene ring substituents is 1. The molecule has 5 rings (SSSR count). The molecule has 0 radical (unpaired) electrons. The molecule has 0 saturated carbocycles. The van der Waals surface area contributed by atoms with Crippen LogP contribution in [0.2, 0.25) is 0 Å². The minimum absolute atomic E-state index is 0.0417. The van der Waals surface area contributed by atoms with Gasteiger partial charge in [0.05, 0.1) is 29.7 Å². The number of nitro groups is 1. The lowest BCUT2D eigenvalue weighted by Crippen LogP contribution is -2.61. The van der Waals surface area contributed by atoms with Gasteiger partial charge in [0.1, 0.15) is 5.75 Å². The van der Waals surface area contributed by atoms with E-state index in [1.54, 1.807) is 25.4 Å². The Bertz CT molecular complexity index is 1250. The maximum atomic E-state index is 13.5. The Morgan fingerprint density at radius 1 is 1.14 bits per heavy atom. The maximum absolute atomic E-state index is 13.5. The molecule has 3 aromatic rings. The number of carbonyl (C=O) groups excluding carboxylic acids is 1. The summed E-state index contributed by atoms with van der Waals surface area (Å²) in [6.45, 7) is 2.58. The predicted octanol–water partition coefficient (Wildman–Crippen LogP) is 3.22. The van der Waals surface area contributed by atoms with Gasteiger partial charge < -0.3 is 19.9 Å². The molecular formula is C27H29N5O4. The molecule has 1 N–H and O–H groups in total. The van der Waals surface area contributed by atoms with Gasteiger partial charge in [0, 0.05) is 62.3 Å². The number of pyridine rings is 1. The lowest BCUT2D eigenvalue weighted by atomic mass is 9.83. The number of piperazine rings is 1. The van der Waals surface area contributed by atoms with E-state index in [0.717, 1.165) is 34.9 Å². The van der Waals surface area contributed by atoms with Crippen molar-refractivity contribution in [3.63, 3.8) is 0 Å². The summed E-state index contributed by atoms with van der Waals surface area (Å²) < 4.78 is 5.59. The van der Waals surface area contributed by atoms with Gasteiger partial charge in [0.2, 0.25) is 5.91 Å². The Balaban J connectivity index is 1.41. The highest BCUT2D eigenvalue weighted by atomic mass is 16.6. The number of fused-ring (bicyclic) bond motifs is 3. The second kappa shape index (κ2) is 10.2. The van der Waals surface area contributed by atoms with Crippen molar-refractivity contribution in [3.8, 4) is 5.75 Å². The third-order valence-electron chi connectivity index (χ3n) is 7.08. The zero-order valence-corrected chi connectivity index (χ0v) is 20.2. The number of aromatic nitrogens is 1. The highest BCUT2D eigenvalue weighted by Gasteiger charge is 2.42. The van der Waals surface area contributed by atoms with Crippen molar-refractivity contribution in [2.45, 2.75) is 18.9 Å². The molecule has 186 valence electrons. The number of nitrogens with zero attached hydrogens (tertiary/aromatic N) is 4. The van der Waals surface area contributed by atoms with Crippen LogP contribution in [0.15, 0.2) is 66.9 Å². The highest BCUT2D eigenvalue weighted by Crippen LogP contribution is 2.39. The van der Waals surface area contributed by atoms with Gasteiger partial charge in [-0.15, -0.1) is 0 Å². The van der Waals surface area contributed by atoms with Gasteiger partial charge in [-0.2, -0.15) is 0 Å². The van der Waals surface area contributed by atoms with E-state index >= 15 is 0 Å². The van der Waals surface area contributed by atoms with E-state index in [1.807, 2.05) is 48.5 Å². The summed E-state index contributed by atoms with van der Waals surface area (Å²) in [6.07, 6.45) is 2.84. The number of carbonyl (C=O) groups is 1. The van der Waals surface area contributed by atoms with Crippen LogP contribution in [0.5, 0.6) is 5.75 Å². The molecule has 1 saturated heterocycles. The van der Waals surface area contributed by atoms with E-state index in [1.165, 1.54) is 0 Å². The van der Waals surface area contributed by atoms with Crippen LogP contribution < -0.4 is 19.9 Å². The first-order chi connectivity index (χ1) is 17.5. The van der Waals surface area contributed by atoms with Crippen LogP contribution in [0.3, 0.4) is 0 Å². The average molecular weight is 488 g/mol. The molecule has 0 bridgehead atoms. The van der Waals surface area contributed by atoms with E-state index in [-0.39, 0.29) is 28.5 Å². The zero-order valence-electron chi connectivity index (χ0n) is 20.2. The van der Waals surface area contributed by atoms with E-state index < -0.39 is 0 Å². The molecule has 1 fully saturated rings. The van der Waals surface area contributed by atoms with Crippen molar-refractivity contribution in [1.82, 2.24) is 10.3 Å². The van der Waals surface area contributed by atoms with Crippen molar-refractivity contribution in [3.05, 3.63) is 88.2 Å². The van der Waals surface area contributed by atoms with Crippen LogP contribution in [0.4, 0.5) is 17.1 Å². The van der Waals surface area contributed by atoms with Crippen molar-refractivity contribution in [2.24, 2.45) is 5.92 Å². The summed E-state index contributed by atoms with van der Waals surface area (Å²) in [6, 6.07) is 18.6. The van der Waals surface area contributed by atoms with Gasteiger partial charge in [-0.3, -0.25) is 19.9 Å². The highest BCUT2D eigenvalue weighted by molar-refractivity contribution is 5.82. The largest absolute Gasteiger partial charge is 0.495 e. The van der Waals surface area contributed by atoms with Gasteiger partial charge in [0.15, 0.2) is 0 Å². The lowest BCUT2D eigenvalue weighted by molar-refractivity contribution is -0.384. The molecule has 2 unspecified atom stereocenters. The van der Waals surface area contributed by atoms with Crippen molar-refractivity contribution in [2.75, 3.05) is 43.1 Å². The van der Waals surface area contributed by atoms with E-state index in [9.17, 15) is 14.9 Å². The van der Waals surface area contributed by atoms with Gasteiger partial charge in [-0.25, -0.2) is 0 Å². The minimum Gasteiger partial charge on any atom is -0.495 e. The first kappa shape index (κ1) is 23.6. The summed E-state index contributed by atoms with van der Waals surface area (Å²) >= 11 is 0. The van der Waals surface area contributed by atoms with Gasteiger partial charge in [-0.05, 0) is 42.3 Å². The third-order valence-corrected chi connectivity index (χ3v) is 7.08. The van der Waals surface area contributed by atoms with Crippen LogP contribution in [-0.2, 0) is 17.6 Å². The molecule has 3 heterocycles. The fourth-order valence-corrected chi connectivity index (χ4v) is 5.32. The molecule has 2 aliphatic rings. The quantitative estimate of drug-likeness (QED) is 0.403. The van der Waals surface area contributed by atoms with Crippen molar-refractivity contribution < 1.29 is 14.5 Å². The van der Waals surface area contributed by atoms with Gasteiger partial charge in [0.25, 0.3) is 5.69 Å². The average Bonchev–Trinajstić information content (AvgIpc) is 2.92. The van der Waals surface area contributed by atoms with Crippen molar-refractivity contribution in [1.29, 1.82) is 0 Å². The SMILES string of the molecule is COc1ccccc1N1CCN2c3ccc([N+](=O)[O-])cc3CC(C(=O)NCCc3ccccn3)C2C1. The molecule has 1 aromatic heterocycles. The number of benzene rings is 2. The number of rotatable bonds is 7. The molecule has 9 nitrogen and oxygen atoms in total. The number of nitrogens with one attached hydrogen (secondary N) is 1.